The van der Waals surface area contributed by atoms with Gasteiger partial charge in [-0.1, -0.05) is 0 Å². The molecule has 0 rings (SSSR count). The van der Waals surface area contributed by atoms with Gasteiger partial charge in [0.2, 0.25) is 0 Å². The Bertz CT molecular complexity index is 322. The quantitative estimate of drug-likeness (QED) is 0.682. The molecule has 0 radical (unpaired) electrons. The molecule has 0 saturated carbocycles. The van der Waals surface area contributed by atoms with E-state index in [4.69, 9.17) is 0 Å². The summed E-state index contributed by atoms with van der Waals surface area (Å²) in [4.78, 5) is 9.92. The number of hydrogen-bond acceptors (Lipinski definition) is 3. The standard InChI is InChI=1S/C4H2F6O3S/c5-3(6,7)2(11)1-14(12,13)4(8,9)10/h1H2. The fourth-order valence-corrected chi connectivity index (χ4v) is 1.01. The van der Waals surface area contributed by atoms with Crippen molar-refractivity contribution in [1.82, 2.24) is 0 Å². The first-order valence-electron chi connectivity index (χ1n) is 2.77. The van der Waals surface area contributed by atoms with Gasteiger partial charge >= 0.3 is 11.7 Å². The molecule has 0 aliphatic heterocycles. The number of halogens is 6. The third-order valence-corrected chi connectivity index (χ3v) is 2.34. The van der Waals surface area contributed by atoms with Crippen LogP contribution >= 0.6 is 0 Å². The van der Waals surface area contributed by atoms with Gasteiger partial charge in [-0.3, -0.25) is 4.79 Å². The normalized spacial score (nSPS) is 14.1. The SMILES string of the molecule is O=C(CS(=O)(=O)C(F)(F)F)C(F)(F)F. The van der Waals surface area contributed by atoms with E-state index in [0.717, 1.165) is 0 Å². The van der Waals surface area contributed by atoms with Crippen LogP contribution in [0.2, 0.25) is 0 Å². The zero-order valence-corrected chi connectivity index (χ0v) is 6.92. The van der Waals surface area contributed by atoms with Crippen molar-refractivity contribution in [3.63, 3.8) is 0 Å². The Hall–Kier alpha value is -0.800. The zero-order chi connectivity index (χ0) is 11.8. The number of hydrogen-bond donors (Lipinski definition) is 0. The molecule has 10 heteroatoms. The number of carbonyl (C=O) groups excluding carboxylic acids is 1. The molecule has 0 aromatic heterocycles. The molecule has 0 aromatic rings. The first kappa shape index (κ1) is 13.2. The van der Waals surface area contributed by atoms with Crippen LogP contribution in [0, 0.1) is 0 Å². The Kier molecular flexibility index (Phi) is 3.21. The second-order valence-electron chi connectivity index (χ2n) is 2.13. The van der Waals surface area contributed by atoms with Crippen molar-refractivity contribution in [2.24, 2.45) is 0 Å². The summed E-state index contributed by atoms with van der Waals surface area (Å²) < 4.78 is 88.7. The average Bonchev–Trinajstić information content (AvgIpc) is 1.80. The summed E-state index contributed by atoms with van der Waals surface area (Å²) in [5, 5.41) is 0. The third-order valence-electron chi connectivity index (χ3n) is 0.990. The Balaban J connectivity index is 4.82. The molecule has 0 aromatic carbocycles. The largest absolute Gasteiger partial charge is 0.497 e. The molecule has 0 aliphatic rings. The van der Waals surface area contributed by atoms with E-state index in [1.807, 2.05) is 0 Å². The highest BCUT2D eigenvalue weighted by Gasteiger charge is 2.51. The summed E-state index contributed by atoms with van der Waals surface area (Å²) in [6.45, 7) is 0. The van der Waals surface area contributed by atoms with Gasteiger partial charge in [-0.2, -0.15) is 26.3 Å². The van der Waals surface area contributed by atoms with Crippen molar-refractivity contribution in [2.45, 2.75) is 11.7 Å². The maximum atomic E-state index is 11.5. The van der Waals surface area contributed by atoms with Crippen LogP contribution < -0.4 is 0 Å². The Labute approximate surface area is 73.6 Å². The molecular weight excluding hydrogens is 242 g/mol. The molecule has 0 aliphatic carbocycles. The van der Waals surface area contributed by atoms with E-state index in [2.05, 4.69) is 0 Å². The maximum Gasteiger partial charge on any atom is 0.497 e. The zero-order valence-electron chi connectivity index (χ0n) is 6.11. The summed E-state index contributed by atoms with van der Waals surface area (Å²) in [6, 6.07) is 0. The van der Waals surface area contributed by atoms with Crippen molar-refractivity contribution in [3.05, 3.63) is 0 Å². The van der Waals surface area contributed by atoms with E-state index in [-0.39, 0.29) is 0 Å². The lowest BCUT2D eigenvalue weighted by Gasteiger charge is -2.08. The minimum absolute atomic E-state index is 2.61. The van der Waals surface area contributed by atoms with Gasteiger partial charge in [0.25, 0.3) is 15.6 Å². The number of alkyl halides is 6. The van der Waals surface area contributed by atoms with Crippen molar-refractivity contribution in [3.8, 4) is 0 Å². The molecule has 0 bridgehead atoms. The first-order valence-corrected chi connectivity index (χ1v) is 4.42. The molecule has 0 amide bonds. The van der Waals surface area contributed by atoms with Gasteiger partial charge in [0, 0.05) is 0 Å². The molecule has 84 valence electrons. The minimum Gasteiger partial charge on any atom is -0.288 e. The van der Waals surface area contributed by atoms with Gasteiger partial charge in [-0.25, -0.2) is 8.42 Å². The molecule has 0 heterocycles. The molecule has 0 spiro atoms. The number of rotatable bonds is 2. The fourth-order valence-electron chi connectivity index (χ4n) is 0.336. The number of Topliss-reactive ketones (excluding diaryl/α,β-unsaturated/α-hetero) is 1. The monoisotopic (exact) mass is 244 g/mol. The van der Waals surface area contributed by atoms with Gasteiger partial charge in [0.1, 0.15) is 5.75 Å². The van der Waals surface area contributed by atoms with Crippen LogP contribution in [0.25, 0.3) is 0 Å². The topological polar surface area (TPSA) is 51.2 Å². The lowest BCUT2D eigenvalue weighted by atomic mass is 10.4. The van der Waals surface area contributed by atoms with Crippen molar-refractivity contribution in [1.29, 1.82) is 0 Å². The molecule has 3 nitrogen and oxygen atoms in total. The number of sulfone groups is 1. The lowest BCUT2D eigenvalue weighted by Crippen LogP contribution is -2.36. The summed E-state index contributed by atoms with van der Waals surface area (Å²) in [5.74, 6) is -5.56. The van der Waals surface area contributed by atoms with Gasteiger partial charge in [-0.05, 0) is 0 Å². The van der Waals surface area contributed by atoms with Gasteiger partial charge in [0.15, 0.2) is 0 Å². The highest BCUT2D eigenvalue weighted by Crippen LogP contribution is 2.26. The van der Waals surface area contributed by atoms with E-state index in [1.54, 1.807) is 0 Å². The van der Waals surface area contributed by atoms with Crippen molar-refractivity contribution >= 4 is 15.6 Å². The van der Waals surface area contributed by atoms with Crippen LogP contribution in [0.5, 0.6) is 0 Å². The molecule has 0 fully saturated rings. The Morgan fingerprint density at radius 2 is 1.36 bits per heavy atom. The van der Waals surface area contributed by atoms with Crippen LogP contribution in [0.15, 0.2) is 0 Å². The second-order valence-corrected chi connectivity index (χ2v) is 4.11. The number of carbonyl (C=O) groups is 1. The van der Waals surface area contributed by atoms with Crippen LogP contribution in [0.3, 0.4) is 0 Å². The van der Waals surface area contributed by atoms with Gasteiger partial charge in [-0.15, -0.1) is 0 Å². The van der Waals surface area contributed by atoms with Crippen LogP contribution in [0.1, 0.15) is 0 Å². The lowest BCUT2D eigenvalue weighted by molar-refractivity contribution is -0.168. The maximum absolute atomic E-state index is 11.5. The molecule has 0 saturated heterocycles. The van der Waals surface area contributed by atoms with Gasteiger partial charge < -0.3 is 0 Å². The second kappa shape index (κ2) is 3.41. The molecule has 0 atom stereocenters. The first-order chi connectivity index (χ1) is 5.88. The van der Waals surface area contributed by atoms with E-state index in [0.29, 0.717) is 0 Å². The smallest absolute Gasteiger partial charge is 0.288 e. The highest BCUT2D eigenvalue weighted by molar-refractivity contribution is 7.92. The van der Waals surface area contributed by atoms with E-state index < -0.39 is 33.1 Å². The number of ketones is 1. The van der Waals surface area contributed by atoms with Crippen LogP contribution in [-0.4, -0.2) is 31.6 Å². The summed E-state index contributed by atoms with van der Waals surface area (Å²) >= 11 is 0. The minimum atomic E-state index is -6.05. The molecular formula is C4H2F6O3S. The van der Waals surface area contributed by atoms with E-state index in [9.17, 15) is 39.6 Å². The summed E-state index contributed by atoms with van der Waals surface area (Å²) in [5.41, 5.74) is -5.85. The van der Waals surface area contributed by atoms with E-state index in [1.165, 1.54) is 0 Å². The predicted octanol–water partition coefficient (Wildman–Crippen LogP) is 1.05. The van der Waals surface area contributed by atoms with Crippen molar-refractivity contribution < 1.29 is 39.6 Å². The summed E-state index contributed by atoms with van der Waals surface area (Å²) in [6.07, 6.45) is -5.58. The predicted molar refractivity (Wildman–Crippen MR) is 30.9 cm³/mol. The summed E-state index contributed by atoms with van der Waals surface area (Å²) in [7, 11) is -6.05. The van der Waals surface area contributed by atoms with Gasteiger partial charge in [0.05, 0.1) is 0 Å². The highest BCUT2D eigenvalue weighted by atomic mass is 32.2. The van der Waals surface area contributed by atoms with Crippen molar-refractivity contribution in [2.75, 3.05) is 5.75 Å². The average molecular weight is 244 g/mol. The van der Waals surface area contributed by atoms with E-state index >= 15 is 0 Å². The van der Waals surface area contributed by atoms with Crippen LogP contribution in [0.4, 0.5) is 26.3 Å². The Morgan fingerprint density at radius 1 is 1.00 bits per heavy atom. The third kappa shape index (κ3) is 3.16. The Morgan fingerprint density at radius 3 is 1.57 bits per heavy atom. The molecule has 14 heavy (non-hydrogen) atoms. The molecule has 0 N–H and O–H groups in total. The fraction of sp³-hybridized carbons (Fsp3) is 0.750. The molecule has 0 unspecified atom stereocenters. The van der Waals surface area contributed by atoms with Crippen LogP contribution in [-0.2, 0) is 14.6 Å².